The zero-order chi connectivity index (χ0) is 12.2. The smallest absolute Gasteiger partial charge is 0.315 e. The van der Waals surface area contributed by atoms with Crippen LogP contribution >= 0.6 is 0 Å². The maximum absolute atomic E-state index is 11.4. The lowest BCUT2D eigenvalue weighted by Gasteiger charge is -2.16. The van der Waals surface area contributed by atoms with Gasteiger partial charge >= 0.3 is 12.0 Å². The van der Waals surface area contributed by atoms with Crippen molar-refractivity contribution in [1.29, 1.82) is 0 Å². The molecule has 1 atom stereocenters. The number of urea groups is 1. The molecule has 1 unspecified atom stereocenters. The highest BCUT2D eigenvalue weighted by atomic mass is 16.4. The molecule has 0 radical (unpaired) electrons. The Bertz CT molecular complexity index is 274. The van der Waals surface area contributed by atoms with Gasteiger partial charge in [-0.25, -0.2) is 4.79 Å². The van der Waals surface area contributed by atoms with Gasteiger partial charge in [-0.15, -0.1) is 0 Å². The molecule has 0 saturated heterocycles. The summed E-state index contributed by atoms with van der Waals surface area (Å²) in [6.07, 6.45) is 2.90. The molecule has 1 aliphatic carbocycles. The van der Waals surface area contributed by atoms with Crippen molar-refractivity contribution >= 4 is 12.0 Å². The fourth-order valence-corrected chi connectivity index (χ4v) is 1.48. The number of carboxylic acid groups (broad SMARTS) is 1. The molecule has 1 fully saturated rings. The summed E-state index contributed by atoms with van der Waals surface area (Å²) in [6.45, 7) is 4.35. The molecule has 1 aliphatic rings. The minimum absolute atomic E-state index is 0.00950. The van der Waals surface area contributed by atoms with Gasteiger partial charge in [-0.3, -0.25) is 4.79 Å². The summed E-state index contributed by atoms with van der Waals surface area (Å²) < 4.78 is 0. The van der Waals surface area contributed by atoms with Crippen LogP contribution in [0, 0.1) is 5.92 Å². The second-order valence-electron chi connectivity index (χ2n) is 4.77. The van der Waals surface area contributed by atoms with Crippen molar-refractivity contribution in [2.24, 2.45) is 5.92 Å². The molecule has 2 amide bonds. The predicted molar refractivity (Wildman–Crippen MR) is 60.2 cm³/mol. The van der Waals surface area contributed by atoms with Crippen molar-refractivity contribution in [2.75, 3.05) is 6.54 Å². The van der Waals surface area contributed by atoms with Crippen LogP contribution in [0.5, 0.6) is 0 Å². The lowest BCUT2D eigenvalue weighted by Crippen LogP contribution is -2.43. The number of hydrogen-bond donors (Lipinski definition) is 3. The number of carbonyl (C=O) groups excluding carboxylic acids is 1. The van der Waals surface area contributed by atoms with Crippen molar-refractivity contribution in [1.82, 2.24) is 10.6 Å². The Kier molecular flexibility index (Phi) is 4.15. The summed E-state index contributed by atoms with van der Waals surface area (Å²) in [6, 6.07) is -0.191. The third-order valence-electron chi connectivity index (χ3n) is 3.01. The van der Waals surface area contributed by atoms with Gasteiger partial charge in [0.05, 0.1) is 0 Å². The maximum Gasteiger partial charge on any atom is 0.315 e. The lowest BCUT2D eigenvalue weighted by atomic mass is 10.0. The SMILES string of the molecule is CCC(CNC(=O)NC1(C)CC1)CC(=O)O. The number of hydrogen-bond acceptors (Lipinski definition) is 2. The number of aliphatic carboxylic acids is 1. The van der Waals surface area contributed by atoms with E-state index in [2.05, 4.69) is 10.6 Å². The Morgan fingerprint density at radius 1 is 1.44 bits per heavy atom. The fourth-order valence-electron chi connectivity index (χ4n) is 1.48. The van der Waals surface area contributed by atoms with Crippen LogP contribution in [-0.4, -0.2) is 29.2 Å². The number of carbonyl (C=O) groups is 2. The van der Waals surface area contributed by atoms with Crippen molar-refractivity contribution in [2.45, 2.75) is 45.1 Å². The van der Waals surface area contributed by atoms with Crippen LogP contribution in [0.2, 0.25) is 0 Å². The van der Waals surface area contributed by atoms with Gasteiger partial charge in [-0.2, -0.15) is 0 Å². The zero-order valence-electron chi connectivity index (χ0n) is 9.88. The quantitative estimate of drug-likeness (QED) is 0.642. The van der Waals surface area contributed by atoms with Gasteiger partial charge in [0.25, 0.3) is 0 Å². The third-order valence-corrected chi connectivity index (χ3v) is 3.01. The van der Waals surface area contributed by atoms with Crippen LogP contribution in [-0.2, 0) is 4.79 Å². The maximum atomic E-state index is 11.4. The molecule has 5 heteroatoms. The van der Waals surface area contributed by atoms with Crippen LogP contribution in [0.1, 0.15) is 39.5 Å². The van der Waals surface area contributed by atoms with Crippen LogP contribution in [0.15, 0.2) is 0 Å². The first-order valence-corrected chi connectivity index (χ1v) is 5.73. The van der Waals surface area contributed by atoms with Crippen molar-refractivity contribution in [3.8, 4) is 0 Å². The third kappa shape index (κ3) is 4.51. The van der Waals surface area contributed by atoms with E-state index in [0.29, 0.717) is 6.54 Å². The molecular weight excluding hydrogens is 208 g/mol. The highest BCUT2D eigenvalue weighted by Gasteiger charge is 2.38. The van der Waals surface area contributed by atoms with E-state index < -0.39 is 5.97 Å². The summed E-state index contributed by atoms with van der Waals surface area (Å²) in [5.41, 5.74) is -0.0292. The topological polar surface area (TPSA) is 78.4 Å². The average molecular weight is 228 g/mol. The summed E-state index contributed by atoms with van der Waals surface area (Å²) in [5.74, 6) is -0.807. The average Bonchev–Trinajstić information content (AvgIpc) is 2.90. The minimum atomic E-state index is -0.816. The number of carboxylic acids is 1. The Labute approximate surface area is 95.6 Å². The minimum Gasteiger partial charge on any atom is -0.481 e. The molecule has 5 nitrogen and oxygen atoms in total. The number of nitrogens with one attached hydrogen (secondary N) is 2. The summed E-state index contributed by atoms with van der Waals surface area (Å²) in [5, 5.41) is 14.2. The fraction of sp³-hybridized carbons (Fsp3) is 0.818. The molecule has 0 bridgehead atoms. The second-order valence-corrected chi connectivity index (χ2v) is 4.77. The van der Waals surface area contributed by atoms with Crippen molar-refractivity contribution in [3.05, 3.63) is 0 Å². The molecule has 0 aliphatic heterocycles. The van der Waals surface area contributed by atoms with E-state index in [1.807, 2.05) is 13.8 Å². The molecule has 16 heavy (non-hydrogen) atoms. The first kappa shape index (κ1) is 12.8. The van der Waals surface area contributed by atoms with E-state index >= 15 is 0 Å². The number of amides is 2. The summed E-state index contributed by atoms with van der Waals surface area (Å²) in [7, 11) is 0. The van der Waals surface area contributed by atoms with E-state index in [1.165, 1.54) is 0 Å². The Morgan fingerprint density at radius 2 is 2.06 bits per heavy atom. The standard InChI is InChI=1S/C11H20N2O3/c1-3-8(6-9(14)15)7-12-10(16)13-11(2)4-5-11/h8H,3-7H2,1-2H3,(H,14,15)(H2,12,13,16). The van der Waals surface area contributed by atoms with E-state index in [9.17, 15) is 9.59 Å². The molecule has 0 aromatic rings. The van der Waals surface area contributed by atoms with Crippen molar-refractivity contribution in [3.63, 3.8) is 0 Å². The molecular formula is C11H20N2O3. The summed E-state index contributed by atoms with van der Waals surface area (Å²) >= 11 is 0. The number of rotatable bonds is 6. The lowest BCUT2D eigenvalue weighted by molar-refractivity contribution is -0.138. The molecule has 1 saturated carbocycles. The Balaban J connectivity index is 2.20. The normalized spacial score (nSPS) is 18.6. The van der Waals surface area contributed by atoms with Gasteiger partial charge in [0.1, 0.15) is 0 Å². The largest absolute Gasteiger partial charge is 0.481 e. The zero-order valence-corrected chi connectivity index (χ0v) is 9.88. The van der Waals surface area contributed by atoms with E-state index in [0.717, 1.165) is 19.3 Å². The molecule has 0 aromatic carbocycles. The van der Waals surface area contributed by atoms with Gasteiger partial charge in [-0.05, 0) is 25.7 Å². The molecule has 0 spiro atoms. The predicted octanol–water partition coefficient (Wildman–Crippen LogP) is 1.34. The van der Waals surface area contributed by atoms with Crippen LogP contribution in [0.4, 0.5) is 4.79 Å². The Morgan fingerprint density at radius 3 is 2.50 bits per heavy atom. The highest BCUT2D eigenvalue weighted by Crippen LogP contribution is 2.33. The van der Waals surface area contributed by atoms with E-state index in [-0.39, 0.29) is 23.9 Å². The van der Waals surface area contributed by atoms with Crippen LogP contribution in [0.25, 0.3) is 0 Å². The van der Waals surface area contributed by atoms with Crippen LogP contribution < -0.4 is 10.6 Å². The van der Waals surface area contributed by atoms with Crippen LogP contribution in [0.3, 0.4) is 0 Å². The van der Waals surface area contributed by atoms with Gasteiger partial charge in [0.2, 0.25) is 0 Å². The van der Waals surface area contributed by atoms with E-state index in [4.69, 9.17) is 5.11 Å². The molecule has 0 aromatic heterocycles. The molecule has 1 rings (SSSR count). The van der Waals surface area contributed by atoms with E-state index in [1.54, 1.807) is 0 Å². The van der Waals surface area contributed by atoms with Gasteiger partial charge < -0.3 is 15.7 Å². The molecule has 3 N–H and O–H groups in total. The highest BCUT2D eigenvalue weighted by molar-refractivity contribution is 5.75. The van der Waals surface area contributed by atoms with Gasteiger partial charge in [0.15, 0.2) is 0 Å². The van der Waals surface area contributed by atoms with Gasteiger partial charge in [-0.1, -0.05) is 13.3 Å². The Hall–Kier alpha value is -1.26. The molecule has 0 heterocycles. The van der Waals surface area contributed by atoms with Crippen molar-refractivity contribution < 1.29 is 14.7 Å². The molecule has 92 valence electrons. The first-order chi connectivity index (χ1) is 7.45. The summed E-state index contributed by atoms with van der Waals surface area (Å²) in [4.78, 5) is 22.0. The second kappa shape index (κ2) is 5.18. The monoisotopic (exact) mass is 228 g/mol. The van der Waals surface area contributed by atoms with Gasteiger partial charge in [0, 0.05) is 18.5 Å². The first-order valence-electron chi connectivity index (χ1n) is 5.73.